The Morgan fingerprint density at radius 1 is 1.83 bits per heavy atom. The highest BCUT2D eigenvalue weighted by Crippen LogP contribution is 2.07. The van der Waals surface area contributed by atoms with E-state index in [1.54, 1.807) is 24.8 Å². The Bertz CT molecular complexity index is 293. The molecule has 5 nitrogen and oxygen atoms in total. The maximum atomic E-state index is 10.3. The number of carboxylic acids is 1. The molecule has 0 aliphatic heterocycles. The SMILES string of the molecule is CNc1cc(CC(=O)O)nn1C. The number of carbonyl (C=O) groups is 1. The monoisotopic (exact) mass is 169 g/mol. The van der Waals surface area contributed by atoms with Gasteiger partial charge in [0.2, 0.25) is 0 Å². The van der Waals surface area contributed by atoms with Gasteiger partial charge in [0, 0.05) is 20.2 Å². The number of nitrogens with zero attached hydrogens (tertiary/aromatic N) is 2. The summed E-state index contributed by atoms with van der Waals surface area (Å²) in [6.07, 6.45) is -0.0322. The quantitative estimate of drug-likeness (QED) is 0.672. The molecule has 0 saturated carbocycles. The Hall–Kier alpha value is -1.52. The van der Waals surface area contributed by atoms with Crippen LogP contribution < -0.4 is 5.32 Å². The van der Waals surface area contributed by atoms with Crippen molar-refractivity contribution in [2.45, 2.75) is 6.42 Å². The molecule has 0 saturated heterocycles. The van der Waals surface area contributed by atoms with Gasteiger partial charge >= 0.3 is 5.97 Å². The lowest BCUT2D eigenvalue weighted by Crippen LogP contribution is -2.01. The number of hydrogen-bond acceptors (Lipinski definition) is 3. The Labute approximate surface area is 70.0 Å². The van der Waals surface area contributed by atoms with Crippen molar-refractivity contribution in [3.8, 4) is 0 Å². The van der Waals surface area contributed by atoms with E-state index in [0.29, 0.717) is 5.69 Å². The molecular formula is C7H11N3O2. The molecule has 0 radical (unpaired) electrons. The molecule has 1 aromatic rings. The number of carboxylic acid groups (broad SMARTS) is 1. The highest BCUT2D eigenvalue weighted by molar-refractivity contribution is 5.69. The van der Waals surface area contributed by atoms with Crippen molar-refractivity contribution < 1.29 is 9.90 Å². The van der Waals surface area contributed by atoms with Crippen molar-refractivity contribution in [2.24, 2.45) is 7.05 Å². The second kappa shape index (κ2) is 3.25. The van der Waals surface area contributed by atoms with Crippen LogP contribution in [-0.2, 0) is 18.3 Å². The summed E-state index contributed by atoms with van der Waals surface area (Å²) in [7, 11) is 3.53. The zero-order chi connectivity index (χ0) is 9.14. The number of hydrogen-bond donors (Lipinski definition) is 2. The minimum Gasteiger partial charge on any atom is -0.481 e. The van der Waals surface area contributed by atoms with Gasteiger partial charge in [-0.15, -0.1) is 0 Å². The van der Waals surface area contributed by atoms with E-state index >= 15 is 0 Å². The van der Waals surface area contributed by atoms with Crippen molar-refractivity contribution in [1.82, 2.24) is 9.78 Å². The molecule has 66 valence electrons. The molecule has 0 fully saturated rings. The molecule has 5 heteroatoms. The summed E-state index contributed by atoms with van der Waals surface area (Å²) in [5.41, 5.74) is 0.564. The summed E-state index contributed by atoms with van der Waals surface area (Å²) in [5.74, 6) is -0.0537. The Balaban J connectivity index is 2.82. The molecule has 0 atom stereocenters. The van der Waals surface area contributed by atoms with Gasteiger partial charge in [-0.25, -0.2) is 0 Å². The van der Waals surface area contributed by atoms with Crippen LogP contribution in [0.15, 0.2) is 6.07 Å². The summed E-state index contributed by atoms with van der Waals surface area (Å²) in [6, 6.07) is 1.72. The van der Waals surface area contributed by atoms with Crippen molar-refractivity contribution in [3.05, 3.63) is 11.8 Å². The van der Waals surface area contributed by atoms with Gasteiger partial charge in [-0.1, -0.05) is 0 Å². The van der Waals surface area contributed by atoms with Crippen molar-refractivity contribution in [3.63, 3.8) is 0 Å². The fraction of sp³-hybridized carbons (Fsp3) is 0.429. The fourth-order valence-electron chi connectivity index (χ4n) is 1.00. The molecule has 0 aliphatic carbocycles. The summed E-state index contributed by atoms with van der Waals surface area (Å²) in [4.78, 5) is 10.3. The third-order valence-corrected chi connectivity index (χ3v) is 1.52. The fourth-order valence-corrected chi connectivity index (χ4v) is 1.00. The van der Waals surface area contributed by atoms with E-state index in [1.165, 1.54) is 0 Å². The summed E-state index contributed by atoms with van der Waals surface area (Å²) in [5, 5.41) is 15.4. The molecule has 1 heterocycles. The molecule has 2 N–H and O–H groups in total. The molecule has 0 amide bonds. The van der Waals surface area contributed by atoms with Crippen LogP contribution in [0.3, 0.4) is 0 Å². The van der Waals surface area contributed by atoms with Gasteiger partial charge in [-0.05, 0) is 0 Å². The second-order valence-electron chi connectivity index (χ2n) is 2.47. The number of anilines is 1. The van der Waals surface area contributed by atoms with Gasteiger partial charge in [-0.3, -0.25) is 9.48 Å². The van der Waals surface area contributed by atoms with Crippen LogP contribution in [0.4, 0.5) is 5.82 Å². The number of aryl methyl sites for hydroxylation is 1. The summed E-state index contributed by atoms with van der Waals surface area (Å²) < 4.78 is 1.61. The molecule has 1 rings (SSSR count). The second-order valence-corrected chi connectivity index (χ2v) is 2.47. The summed E-state index contributed by atoms with van der Waals surface area (Å²) in [6.45, 7) is 0. The lowest BCUT2D eigenvalue weighted by Gasteiger charge is -1.96. The van der Waals surface area contributed by atoms with Crippen LogP contribution in [0.5, 0.6) is 0 Å². The highest BCUT2D eigenvalue weighted by Gasteiger charge is 2.06. The van der Waals surface area contributed by atoms with E-state index in [9.17, 15) is 4.79 Å². The van der Waals surface area contributed by atoms with E-state index in [2.05, 4.69) is 10.4 Å². The minimum atomic E-state index is -0.865. The van der Waals surface area contributed by atoms with Gasteiger partial charge in [0.15, 0.2) is 0 Å². The third-order valence-electron chi connectivity index (χ3n) is 1.52. The van der Waals surface area contributed by atoms with Crippen LogP contribution in [0.25, 0.3) is 0 Å². The predicted molar refractivity (Wildman–Crippen MR) is 44.1 cm³/mol. The maximum Gasteiger partial charge on any atom is 0.309 e. The smallest absolute Gasteiger partial charge is 0.309 e. The van der Waals surface area contributed by atoms with Crippen LogP contribution in [0, 0.1) is 0 Å². The van der Waals surface area contributed by atoms with Gasteiger partial charge < -0.3 is 10.4 Å². The topological polar surface area (TPSA) is 67.2 Å². The molecule has 0 unspecified atom stereocenters. The van der Waals surface area contributed by atoms with Gasteiger partial charge in [-0.2, -0.15) is 5.10 Å². The van der Waals surface area contributed by atoms with Crippen LogP contribution >= 0.6 is 0 Å². The average Bonchev–Trinajstić information content (AvgIpc) is 2.29. The first-order valence-corrected chi connectivity index (χ1v) is 3.56. The normalized spacial score (nSPS) is 9.83. The van der Waals surface area contributed by atoms with Crippen molar-refractivity contribution in [2.75, 3.05) is 12.4 Å². The first-order valence-electron chi connectivity index (χ1n) is 3.56. The minimum absolute atomic E-state index is 0.0322. The molecule has 0 aromatic carbocycles. The van der Waals surface area contributed by atoms with E-state index in [-0.39, 0.29) is 6.42 Å². The Morgan fingerprint density at radius 3 is 2.92 bits per heavy atom. The molecular weight excluding hydrogens is 158 g/mol. The van der Waals surface area contributed by atoms with Gasteiger partial charge in [0.1, 0.15) is 5.82 Å². The molecule has 0 aliphatic rings. The lowest BCUT2D eigenvalue weighted by molar-refractivity contribution is -0.136. The average molecular weight is 169 g/mol. The molecule has 0 bridgehead atoms. The highest BCUT2D eigenvalue weighted by atomic mass is 16.4. The van der Waals surface area contributed by atoms with E-state index in [4.69, 9.17) is 5.11 Å². The van der Waals surface area contributed by atoms with Crippen LogP contribution in [0.1, 0.15) is 5.69 Å². The van der Waals surface area contributed by atoms with Gasteiger partial charge in [0.25, 0.3) is 0 Å². The standard InChI is InChI=1S/C7H11N3O2/c1-8-6-3-5(4-7(11)12)9-10(6)2/h3,8H,4H2,1-2H3,(H,11,12). The largest absolute Gasteiger partial charge is 0.481 e. The predicted octanol–water partition coefficient (Wildman–Crippen LogP) is 0.0889. The molecule has 1 aromatic heterocycles. The van der Waals surface area contributed by atoms with E-state index in [1.807, 2.05) is 0 Å². The van der Waals surface area contributed by atoms with Crippen molar-refractivity contribution >= 4 is 11.8 Å². The maximum absolute atomic E-state index is 10.3. The lowest BCUT2D eigenvalue weighted by atomic mass is 10.3. The molecule has 0 spiro atoms. The zero-order valence-electron chi connectivity index (χ0n) is 7.03. The van der Waals surface area contributed by atoms with Gasteiger partial charge in [0.05, 0.1) is 12.1 Å². The van der Waals surface area contributed by atoms with Crippen LogP contribution in [-0.4, -0.2) is 27.9 Å². The first-order chi connectivity index (χ1) is 5.63. The Morgan fingerprint density at radius 2 is 2.50 bits per heavy atom. The van der Waals surface area contributed by atoms with E-state index < -0.39 is 5.97 Å². The number of aromatic nitrogens is 2. The number of nitrogens with one attached hydrogen (secondary N) is 1. The number of aliphatic carboxylic acids is 1. The summed E-state index contributed by atoms with van der Waals surface area (Å²) >= 11 is 0. The zero-order valence-corrected chi connectivity index (χ0v) is 7.03. The molecule has 12 heavy (non-hydrogen) atoms. The third kappa shape index (κ3) is 1.75. The van der Waals surface area contributed by atoms with Crippen LogP contribution in [0.2, 0.25) is 0 Å². The number of rotatable bonds is 3. The Kier molecular flexibility index (Phi) is 2.32. The first kappa shape index (κ1) is 8.58. The van der Waals surface area contributed by atoms with E-state index in [0.717, 1.165) is 5.82 Å². The van der Waals surface area contributed by atoms with Crippen molar-refractivity contribution in [1.29, 1.82) is 0 Å².